The zero-order valence-corrected chi connectivity index (χ0v) is 62.4. The molecule has 0 aliphatic carbocycles. The summed E-state index contributed by atoms with van der Waals surface area (Å²) < 4.78 is 24.5. The minimum Gasteiger partial charge on any atom is -0.497 e. The van der Waals surface area contributed by atoms with Gasteiger partial charge in [-0.1, -0.05) is 103 Å². The number of tetrazole rings is 2. The molecule has 0 atom stereocenters. The summed E-state index contributed by atoms with van der Waals surface area (Å²) in [6.07, 6.45) is 0. The molecule has 0 spiro atoms. The third-order valence-corrected chi connectivity index (χ3v) is 18.8. The molecule has 32 heteroatoms. The van der Waals surface area contributed by atoms with Gasteiger partial charge in [0.25, 0.3) is 34.4 Å². The summed E-state index contributed by atoms with van der Waals surface area (Å²) in [7, 11) is 12.9. The van der Waals surface area contributed by atoms with E-state index in [1.54, 1.807) is 103 Å². The van der Waals surface area contributed by atoms with Crippen LogP contribution in [0.5, 0.6) is 17.2 Å². The maximum Gasteiger partial charge on any atom is 0.337 e. The van der Waals surface area contributed by atoms with Crippen LogP contribution in [-0.2, 0) is 74.5 Å². The van der Waals surface area contributed by atoms with Gasteiger partial charge in [0.2, 0.25) is 5.82 Å². The molecule has 14 rings (SSSR count). The Bertz CT molecular complexity index is 6320. The zero-order valence-electron chi connectivity index (χ0n) is 61.6. The number of methoxy groups -OCH3 is 3. The van der Waals surface area contributed by atoms with Crippen molar-refractivity contribution in [3.63, 3.8) is 0 Å². The Hall–Kier alpha value is -14.5. The van der Waals surface area contributed by atoms with Gasteiger partial charge >= 0.3 is 23.0 Å². The van der Waals surface area contributed by atoms with Crippen LogP contribution in [0.2, 0.25) is 5.02 Å². The standard InChI is InChI=1S/2C27H25N7O4.C26H22ClN3O6/c1-32-23-13-10-20(25(35)28-15-17-6-11-21(38-3)12-7-17)14-22(23)26(36)34(27(32)37)16-18-4-8-19(9-5-18)24-29-30-31-33(24)2;1-32-23-13-10-20(25(35)28-15-17-6-11-21(38-3)12-7-17)14-22(23)26(36)34(27(32)37)16-18-4-8-19(9-5-18)24-29-31-33(2)30-24;1-29-22-10-6-17(23(31)28-13-15-3-7-18(36-2)8-4-15)12-20(22)24(32)30(26(29)35)14-16-5-9-19(25(33)34)21(27)11-16/h2*4-14H,15-16H2,1-3H3,(H,28,35);3-12H,13-14H2,1-2H3,(H,28,31)(H,33,34). The number of nitrogens with one attached hydrogen (secondary N) is 3. The fourth-order valence-electron chi connectivity index (χ4n) is 12.2. The molecule has 5 aromatic heterocycles. The van der Waals surface area contributed by atoms with Crippen LogP contribution in [0.3, 0.4) is 0 Å². The van der Waals surface area contributed by atoms with E-state index in [1.807, 2.05) is 109 Å². The van der Waals surface area contributed by atoms with Crippen LogP contribution in [0.15, 0.2) is 223 Å². The van der Waals surface area contributed by atoms with Crippen LogP contribution in [0.1, 0.15) is 74.8 Å². The molecule has 0 fully saturated rings. The van der Waals surface area contributed by atoms with Crippen molar-refractivity contribution in [3.8, 4) is 40.0 Å². The number of hydrogen-bond acceptors (Lipinski definition) is 19. The number of rotatable bonds is 21. The first-order valence-electron chi connectivity index (χ1n) is 34.5. The summed E-state index contributed by atoms with van der Waals surface area (Å²) in [6.45, 7) is 0.952. The molecule has 0 unspecified atom stereocenters. The van der Waals surface area contributed by atoms with Gasteiger partial charge in [0.15, 0.2) is 5.82 Å². The fraction of sp³-hybridized carbons (Fsp3) is 0.175. The molecule has 0 saturated carbocycles. The Labute approximate surface area is 640 Å². The molecule has 0 aliphatic heterocycles. The highest BCUT2D eigenvalue weighted by Crippen LogP contribution is 2.23. The lowest BCUT2D eigenvalue weighted by atomic mass is 10.1. The molecule has 0 bridgehead atoms. The van der Waals surface area contributed by atoms with Gasteiger partial charge in [-0.15, -0.1) is 15.3 Å². The van der Waals surface area contributed by atoms with Gasteiger partial charge in [-0.05, 0) is 152 Å². The summed E-state index contributed by atoms with van der Waals surface area (Å²) in [5, 5.41) is 41.9. The minimum absolute atomic E-state index is 0.00137. The lowest BCUT2D eigenvalue weighted by Crippen LogP contribution is -2.39. The smallest absolute Gasteiger partial charge is 0.337 e. The average molecular weight is 1530 g/mol. The first-order chi connectivity index (χ1) is 53.9. The number of aromatic carboxylic acids is 1. The highest BCUT2D eigenvalue weighted by atomic mass is 35.5. The Kier molecular flexibility index (Phi) is 23.2. The number of carbonyl (C=O) groups is 4. The van der Waals surface area contributed by atoms with Gasteiger partial charge < -0.3 is 35.3 Å². The molecule has 112 heavy (non-hydrogen) atoms. The molecular formula is C80H72ClN17O14. The van der Waals surface area contributed by atoms with Gasteiger partial charge in [-0.25, -0.2) is 23.9 Å². The SMILES string of the molecule is COc1ccc(CNC(=O)c2ccc3c(c2)c(=O)n(Cc2ccc(-c4nnn(C)n4)cc2)c(=O)n3C)cc1.COc1ccc(CNC(=O)c2ccc3c(c2)c(=O)n(Cc2ccc(-c4nnnn4C)cc2)c(=O)n3C)cc1.COc1ccc(CNC(=O)c2ccc3c(c2)c(=O)n(Cc2ccc(C(=O)O)c(Cl)c2)c(=O)n3C)cc1. The number of fused-ring (bicyclic) bond motifs is 3. The number of carbonyl (C=O) groups excluding carboxylic acids is 3. The predicted molar refractivity (Wildman–Crippen MR) is 417 cm³/mol. The van der Waals surface area contributed by atoms with E-state index >= 15 is 0 Å². The van der Waals surface area contributed by atoms with E-state index in [-0.39, 0.29) is 76.2 Å². The van der Waals surface area contributed by atoms with Crippen molar-refractivity contribution in [3.05, 3.63) is 317 Å². The Morgan fingerprint density at radius 3 is 1.08 bits per heavy atom. The number of carboxylic acid groups (broad SMARTS) is 1. The van der Waals surface area contributed by atoms with Crippen LogP contribution in [0.25, 0.3) is 55.5 Å². The number of aryl methyl sites for hydroxylation is 5. The van der Waals surface area contributed by atoms with E-state index < -0.39 is 39.7 Å². The van der Waals surface area contributed by atoms with Crippen LogP contribution < -0.4 is 63.9 Å². The zero-order chi connectivity index (χ0) is 79.6. The fourth-order valence-corrected chi connectivity index (χ4v) is 12.5. The second kappa shape index (κ2) is 33.7. The topological polar surface area (TPSA) is 371 Å². The van der Waals surface area contributed by atoms with Crippen molar-refractivity contribution in [2.75, 3.05) is 21.3 Å². The van der Waals surface area contributed by atoms with E-state index in [0.29, 0.717) is 63.7 Å². The molecule has 31 nitrogen and oxygen atoms in total. The van der Waals surface area contributed by atoms with Gasteiger partial charge in [0.1, 0.15) is 17.2 Å². The number of benzene rings is 9. The summed E-state index contributed by atoms with van der Waals surface area (Å²) in [6, 6.07) is 54.9. The number of ether oxygens (including phenoxy) is 3. The Morgan fingerprint density at radius 2 is 0.759 bits per heavy atom. The minimum atomic E-state index is -1.18. The second-order valence-electron chi connectivity index (χ2n) is 25.7. The van der Waals surface area contributed by atoms with Gasteiger partial charge in [-0.2, -0.15) is 4.80 Å². The Balaban J connectivity index is 0.000000156. The van der Waals surface area contributed by atoms with Crippen molar-refractivity contribution in [2.45, 2.75) is 39.3 Å². The normalized spacial score (nSPS) is 11.0. The van der Waals surface area contributed by atoms with Crippen molar-refractivity contribution >= 4 is 68.0 Å². The average Bonchev–Trinajstić information content (AvgIpc) is 0.855. The molecule has 0 saturated heterocycles. The third kappa shape index (κ3) is 17.1. The third-order valence-electron chi connectivity index (χ3n) is 18.5. The molecule has 14 aromatic rings. The molecule has 4 N–H and O–H groups in total. The first kappa shape index (κ1) is 77.1. The number of aromatic nitrogens is 14. The number of hydrogen-bond donors (Lipinski definition) is 4. The van der Waals surface area contributed by atoms with E-state index in [1.165, 1.54) is 66.5 Å². The van der Waals surface area contributed by atoms with Gasteiger partial charge in [0, 0.05) is 75.6 Å². The lowest BCUT2D eigenvalue weighted by Gasteiger charge is -2.13. The summed E-state index contributed by atoms with van der Waals surface area (Å²) in [4.78, 5) is 130. The monoisotopic (exact) mass is 1530 g/mol. The van der Waals surface area contributed by atoms with Gasteiger partial charge in [0.05, 0.1) is 91.3 Å². The molecule has 9 aromatic carbocycles. The number of nitrogens with zero attached hydrogens (tertiary/aromatic N) is 14. The lowest BCUT2D eigenvalue weighted by molar-refractivity contribution is 0.0696. The maximum absolute atomic E-state index is 13.4. The summed E-state index contributed by atoms with van der Waals surface area (Å²) >= 11 is 6.04. The summed E-state index contributed by atoms with van der Waals surface area (Å²) in [5.41, 5.74) is 5.46. The van der Waals surface area contributed by atoms with Crippen molar-refractivity contribution < 1.29 is 38.5 Å². The van der Waals surface area contributed by atoms with Crippen molar-refractivity contribution in [1.29, 1.82) is 0 Å². The van der Waals surface area contributed by atoms with Crippen LogP contribution in [0.4, 0.5) is 0 Å². The molecule has 0 aliphatic rings. The highest BCUT2D eigenvalue weighted by Gasteiger charge is 2.21. The van der Waals surface area contributed by atoms with Crippen LogP contribution in [-0.4, -0.2) is 118 Å². The second-order valence-corrected chi connectivity index (χ2v) is 26.1. The van der Waals surface area contributed by atoms with E-state index in [4.69, 9.17) is 30.9 Å². The number of halogens is 1. The highest BCUT2D eigenvalue weighted by molar-refractivity contribution is 6.33. The maximum atomic E-state index is 13.4. The largest absolute Gasteiger partial charge is 0.497 e. The molecule has 568 valence electrons. The quantitative estimate of drug-likeness (QED) is 0.0575. The predicted octanol–water partition coefficient (Wildman–Crippen LogP) is 6.79. The molecular weight excluding hydrogens is 1460 g/mol. The van der Waals surface area contributed by atoms with E-state index in [2.05, 4.69) is 46.9 Å². The van der Waals surface area contributed by atoms with Crippen LogP contribution in [0, 0.1) is 0 Å². The summed E-state index contributed by atoms with van der Waals surface area (Å²) in [5.74, 6) is 1.06. The van der Waals surface area contributed by atoms with Crippen molar-refractivity contribution in [2.24, 2.45) is 35.2 Å². The van der Waals surface area contributed by atoms with Crippen molar-refractivity contribution in [1.82, 2.24) is 83.8 Å². The van der Waals surface area contributed by atoms with E-state index in [9.17, 15) is 47.9 Å². The molecule has 0 radical (unpaired) electrons. The first-order valence-corrected chi connectivity index (χ1v) is 34.9. The molecule has 5 heterocycles. The number of carboxylic acids is 1. The Morgan fingerprint density at radius 1 is 0.411 bits per heavy atom. The van der Waals surface area contributed by atoms with Crippen LogP contribution >= 0.6 is 11.6 Å². The van der Waals surface area contributed by atoms with Gasteiger partial charge in [-0.3, -0.25) is 56.2 Å². The van der Waals surface area contributed by atoms with E-state index in [0.717, 1.165) is 59.6 Å². The number of amides is 3. The molecule has 3 amide bonds.